The van der Waals surface area contributed by atoms with E-state index in [0.29, 0.717) is 15.7 Å². The molecule has 0 aliphatic rings. The molecule has 80 valence electrons. The summed E-state index contributed by atoms with van der Waals surface area (Å²) in [6, 6.07) is 14.6. The van der Waals surface area contributed by atoms with Crippen LogP contribution in [0, 0.1) is 0 Å². The highest BCUT2D eigenvalue weighted by Crippen LogP contribution is 2.27. The van der Waals surface area contributed by atoms with Crippen molar-refractivity contribution in [2.75, 3.05) is 0 Å². The van der Waals surface area contributed by atoms with E-state index in [2.05, 4.69) is 10.2 Å². The molecule has 0 heterocycles. The van der Waals surface area contributed by atoms with E-state index in [9.17, 15) is 0 Å². The third-order valence-electron chi connectivity index (χ3n) is 1.94. The molecule has 0 amide bonds. The summed E-state index contributed by atoms with van der Waals surface area (Å²) in [6.07, 6.45) is 0. The lowest BCUT2D eigenvalue weighted by Gasteiger charge is -1.96. The Balaban J connectivity index is 2.21. The van der Waals surface area contributed by atoms with Crippen molar-refractivity contribution in [3.05, 3.63) is 58.6 Å². The second kappa shape index (κ2) is 5.10. The summed E-state index contributed by atoms with van der Waals surface area (Å²) in [7, 11) is 0. The van der Waals surface area contributed by atoms with E-state index < -0.39 is 0 Å². The topological polar surface area (TPSA) is 24.7 Å². The Morgan fingerprint density at radius 2 is 1.38 bits per heavy atom. The molecule has 2 aromatic carbocycles. The minimum atomic E-state index is 0.478. The van der Waals surface area contributed by atoms with Gasteiger partial charge in [-0.15, -0.1) is 0 Å². The van der Waals surface area contributed by atoms with Crippen LogP contribution in [-0.4, -0.2) is 0 Å². The average molecular weight is 251 g/mol. The van der Waals surface area contributed by atoms with Gasteiger partial charge in [0.25, 0.3) is 0 Å². The van der Waals surface area contributed by atoms with Gasteiger partial charge in [0.2, 0.25) is 0 Å². The first-order valence-electron chi connectivity index (χ1n) is 4.67. The minimum Gasteiger partial charge on any atom is -0.151 e. The highest BCUT2D eigenvalue weighted by Gasteiger charge is 1.97. The lowest BCUT2D eigenvalue weighted by Crippen LogP contribution is -1.68. The predicted octanol–water partition coefficient (Wildman–Crippen LogP) is 5.41. The van der Waals surface area contributed by atoms with Gasteiger partial charge in [0.15, 0.2) is 0 Å². The zero-order chi connectivity index (χ0) is 11.4. The molecule has 16 heavy (non-hydrogen) atoms. The zero-order valence-electron chi connectivity index (χ0n) is 8.27. The van der Waals surface area contributed by atoms with E-state index in [1.165, 1.54) is 0 Å². The Labute approximate surface area is 104 Å². The zero-order valence-corrected chi connectivity index (χ0v) is 9.78. The Morgan fingerprint density at radius 3 is 2.06 bits per heavy atom. The molecule has 0 saturated heterocycles. The van der Waals surface area contributed by atoms with Gasteiger partial charge in [-0.2, -0.15) is 10.2 Å². The number of halogens is 2. The molecule has 4 heteroatoms. The Kier molecular flexibility index (Phi) is 3.54. The minimum absolute atomic E-state index is 0.478. The van der Waals surface area contributed by atoms with Crippen LogP contribution in [0.25, 0.3) is 0 Å². The van der Waals surface area contributed by atoms with E-state index in [0.717, 1.165) is 5.69 Å². The van der Waals surface area contributed by atoms with Crippen molar-refractivity contribution >= 4 is 34.6 Å². The number of benzene rings is 2. The van der Waals surface area contributed by atoms with Crippen LogP contribution in [0.4, 0.5) is 11.4 Å². The van der Waals surface area contributed by atoms with Crippen LogP contribution in [0.2, 0.25) is 10.0 Å². The lowest BCUT2D eigenvalue weighted by molar-refractivity contribution is 1.23. The van der Waals surface area contributed by atoms with E-state index in [-0.39, 0.29) is 0 Å². The van der Waals surface area contributed by atoms with E-state index >= 15 is 0 Å². The molecule has 2 rings (SSSR count). The van der Waals surface area contributed by atoms with Crippen molar-refractivity contribution in [1.29, 1.82) is 0 Å². The molecule has 0 fully saturated rings. The van der Waals surface area contributed by atoms with Gasteiger partial charge in [0.1, 0.15) is 0 Å². The molecule has 0 unspecified atom stereocenters. The molecule has 0 aliphatic carbocycles. The smallest absolute Gasteiger partial charge is 0.0872 e. The first-order valence-corrected chi connectivity index (χ1v) is 5.43. The van der Waals surface area contributed by atoms with Crippen molar-refractivity contribution in [1.82, 2.24) is 0 Å². The third-order valence-corrected chi connectivity index (χ3v) is 2.68. The number of azo groups is 1. The van der Waals surface area contributed by atoms with Crippen LogP contribution in [0.1, 0.15) is 0 Å². The fourth-order valence-electron chi connectivity index (χ4n) is 1.16. The first kappa shape index (κ1) is 11.1. The summed E-state index contributed by atoms with van der Waals surface area (Å²) in [5.41, 5.74) is 1.48. The van der Waals surface area contributed by atoms with E-state index in [1.807, 2.05) is 30.3 Å². The maximum Gasteiger partial charge on any atom is 0.0872 e. The summed E-state index contributed by atoms with van der Waals surface area (Å²) in [5, 5.41) is 9.12. The number of hydrogen-bond acceptors (Lipinski definition) is 2. The van der Waals surface area contributed by atoms with Gasteiger partial charge in [0.05, 0.1) is 21.4 Å². The highest BCUT2D eigenvalue weighted by molar-refractivity contribution is 6.42. The van der Waals surface area contributed by atoms with Gasteiger partial charge in [-0.3, -0.25) is 0 Å². The van der Waals surface area contributed by atoms with Gasteiger partial charge in [-0.25, -0.2) is 0 Å². The fraction of sp³-hybridized carbons (Fsp3) is 0. The number of nitrogens with zero attached hydrogens (tertiary/aromatic N) is 2. The molecule has 0 radical (unpaired) electrons. The molecule has 2 aromatic rings. The standard InChI is InChI=1S/C12H8Cl2N2/c13-11-7-6-10(8-12(11)14)16-15-9-4-2-1-3-5-9/h1-8H. The van der Waals surface area contributed by atoms with Gasteiger partial charge >= 0.3 is 0 Å². The van der Waals surface area contributed by atoms with Crippen LogP contribution < -0.4 is 0 Å². The van der Waals surface area contributed by atoms with Gasteiger partial charge in [0, 0.05) is 0 Å². The summed E-state index contributed by atoms with van der Waals surface area (Å²) in [6.45, 7) is 0. The van der Waals surface area contributed by atoms with Gasteiger partial charge in [-0.1, -0.05) is 41.4 Å². The summed E-state index contributed by atoms with van der Waals surface area (Å²) >= 11 is 11.7. The predicted molar refractivity (Wildman–Crippen MR) is 67.1 cm³/mol. The molecule has 0 bridgehead atoms. The van der Waals surface area contributed by atoms with Crippen LogP contribution in [0.5, 0.6) is 0 Å². The first-order chi connectivity index (χ1) is 7.75. The fourth-order valence-corrected chi connectivity index (χ4v) is 1.45. The van der Waals surface area contributed by atoms with Crippen LogP contribution >= 0.6 is 23.2 Å². The van der Waals surface area contributed by atoms with Crippen molar-refractivity contribution in [3.63, 3.8) is 0 Å². The lowest BCUT2D eigenvalue weighted by atomic mass is 10.3. The molecule has 0 spiro atoms. The summed E-state index contributed by atoms with van der Waals surface area (Å²) in [5.74, 6) is 0. The molecular formula is C12H8Cl2N2. The van der Waals surface area contributed by atoms with Crippen molar-refractivity contribution in [2.45, 2.75) is 0 Å². The molecule has 0 aromatic heterocycles. The molecule has 0 N–H and O–H groups in total. The molecule has 0 atom stereocenters. The summed E-state index contributed by atoms with van der Waals surface area (Å²) < 4.78 is 0. The SMILES string of the molecule is Clc1ccc(N=Nc2ccccc2)cc1Cl. The quantitative estimate of drug-likeness (QED) is 0.637. The maximum absolute atomic E-state index is 5.86. The second-order valence-electron chi connectivity index (χ2n) is 3.13. The second-order valence-corrected chi connectivity index (χ2v) is 3.95. The maximum atomic E-state index is 5.86. The van der Waals surface area contributed by atoms with Crippen LogP contribution in [0.3, 0.4) is 0 Å². The third kappa shape index (κ3) is 2.81. The molecule has 0 aliphatic heterocycles. The average Bonchev–Trinajstić information content (AvgIpc) is 2.32. The molecular weight excluding hydrogens is 243 g/mol. The normalized spacial score (nSPS) is 10.9. The van der Waals surface area contributed by atoms with E-state index in [4.69, 9.17) is 23.2 Å². The van der Waals surface area contributed by atoms with Crippen molar-refractivity contribution in [2.24, 2.45) is 10.2 Å². The number of rotatable bonds is 2. The Hall–Kier alpha value is -1.38. The van der Waals surface area contributed by atoms with Crippen LogP contribution in [0.15, 0.2) is 58.8 Å². The largest absolute Gasteiger partial charge is 0.151 e. The van der Waals surface area contributed by atoms with Gasteiger partial charge < -0.3 is 0 Å². The van der Waals surface area contributed by atoms with Crippen molar-refractivity contribution in [3.8, 4) is 0 Å². The highest BCUT2D eigenvalue weighted by atomic mass is 35.5. The molecule has 0 saturated carbocycles. The Morgan fingerprint density at radius 1 is 0.688 bits per heavy atom. The number of hydrogen-bond donors (Lipinski definition) is 0. The van der Waals surface area contributed by atoms with E-state index in [1.54, 1.807) is 18.2 Å². The van der Waals surface area contributed by atoms with Crippen molar-refractivity contribution < 1.29 is 0 Å². The Bertz CT molecular complexity index is 510. The monoisotopic (exact) mass is 250 g/mol. The van der Waals surface area contributed by atoms with Crippen LogP contribution in [-0.2, 0) is 0 Å². The molecule has 2 nitrogen and oxygen atoms in total. The summed E-state index contributed by atoms with van der Waals surface area (Å²) in [4.78, 5) is 0. The van der Waals surface area contributed by atoms with Gasteiger partial charge in [-0.05, 0) is 30.3 Å².